The molecule has 2 unspecified atom stereocenters. The SMILES string of the molecule is CCC1CN(Cc2cc3ccccc3nc2Cl)CCC1N. The number of pyridine rings is 1. The third-order valence-electron chi connectivity index (χ3n) is 4.55. The van der Waals surface area contributed by atoms with Gasteiger partial charge in [0.15, 0.2) is 0 Å². The number of nitrogens with zero attached hydrogens (tertiary/aromatic N) is 2. The van der Waals surface area contributed by atoms with E-state index in [0.29, 0.717) is 17.1 Å². The molecule has 0 amide bonds. The second-order valence-corrected chi connectivity index (χ2v) is 6.34. The van der Waals surface area contributed by atoms with Crippen LogP contribution in [0, 0.1) is 5.92 Å². The van der Waals surface area contributed by atoms with Gasteiger partial charge in [-0.2, -0.15) is 0 Å². The van der Waals surface area contributed by atoms with Crippen LogP contribution in [0.2, 0.25) is 5.15 Å². The Balaban J connectivity index is 1.80. The Morgan fingerprint density at radius 2 is 2.19 bits per heavy atom. The van der Waals surface area contributed by atoms with E-state index in [1.807, 2.05) is 18.2 Å². The Labute approximate surface area is 131 Å². The molecular formula is C17H22ClN3. The third kappa shape index (κ3) is 3.20. The summed E-state index contributed by atoms with van der Waals surface area (Å²) in [6, 6.07) is 10.6. The molecule has 1 aromatic heterocycles. The van der Waals surface area contributed by atoms with Crippen LogP contribution in [-0.4, -0.2) is 29.0 Å². The Morgan fingerprint density at radius 1 is 1.38 bits per heavy atom. The lowest BCUT2D eigenvalue weighted by molar-refractivity contribution is 0.145. The van der Waals surface area contributed by atoms with Gasteiger partial charge in [-0.05, 0) is 31.0 Å². The van der Waals surface area contributed by atoms with Gasteiger partial charge >= 0.3 is 0 Å². The molecule has 2 atom stereocenters. The summed E-state index contributed by atoms with van der Waals surface area (Å²) in [5.41, 5.74) is 8.25. The van der Waals surface area contributed by atoms with E-state index in [1.165, 1.54) is 0 Å². The number of likely N-dealkylation sites (tertiary alicyclic amines) is 1. The predicted molar refractivity (Wildman–Crippen MR) is 88.4 cm³/mol. The number of rotatable bonds is 3. The highest BCUT2D eigenvalue weighted by Crippen LogP contribution is 2.25. The summed E-state index contributed by atoms with van der Waals surface area (Å²) in [7, 11) is 0. The van der Waals surface area contributed by atoms with E-state index >= 15 is 0 Å². The number of hydrogen-bond donors (Lipinski definition) is 1. The van der Waals surface area contributed by atoms with Gasteiger partial charge in [0.25, 0.3) is 0 Å². The molecule has 1 aliphatic heterocycles. The number of benzene rings is 1. The summed E-state index contributed by atoms with van der Waals surface area (Å²) in [6.07, 6.45) is 2.21. The normalized spacial score (nSPS) is 23.6. The van der Waals surface area contributed by atoms with Gasteiger partial charge in [0, 0.05) is 30.1 Å². The summed E-state index contributed by atoms with van der Waals surface area (Å²) in [6.45, 7) is 5.18. The largest absolute Gasteiger partial charge is 0.327 e. The molecule has 3 nitrogen and oxygen atoms in total. The fourth-order valence-corrected chi connectivity index (χ4v) is 3.39. The van der Waals surface area contributed by atoms with Gasteiger partial charge in [-0.15, -0.1) is 0 Å². The molecule has 0 bridgehead atoms. The maximum Gasteiger partial charge on any atom is 0.134 e. The third-order valence-corrected chi connectivity index (χ3v) is 4.87. The van der Waals surface area contributed by atoms with Gasteiger partial charge in [0.05, 0.1) is 5.52 Å². The highest BCUT2D eigenvalue weighted by molar-refractivity contribution is 6.30. The number of hydrogen-bond acceptors (Lipinski definition) is 3. The molecule has 2 N–H and O–H groups in total. The summed E-state index contributed by atoms with van der Waals surface area (Å²) >= 11 is 6.36. The van der Waals surface area contributed by atoms with Crippen molar-refractivity contribution in [3.8, 4) is 0 Å². The lowest BCUT2D eigenvalue weighted by atomic mass is 9.90. The zero-order valence-electron chi connectivity index (χ0n) is 12.4. The first-order valence-electron chi connectivity index (χ1n) is 7.69. The van der Waals surface area contributed by atoms with E-state index in [4.69, 9.17) is 17.3 Å². The number of halogens is 1. The fourth-order valence-electron chi connectivity index (χ4n) is 3.19. The Kier molecular flexibility index (Phi) is 4.43. The minimum atomic E-state index is 0.344. The standard InChI is InChI=1S/C17H22ClN3/c1-2-12-10-21(8-7-15(12)19)11-14-9-13-5-3-4-6-16(13)20-17(14)18/h3-6,9,12,15H,2,7-8,10-11,19H2,1H3. The average molecular weight is 304 g/mol. The van der Waals surface area contributed by atoms with Crippen LogP contribution in [0.15, 0.2) is 30.3 Å². The summed E-state index contributed by atoms with van der Waals surface area (Å²) in [4.78, 5) is 6.96. The van der Waals surface area contributed by atoms with Crippen LogP contribution in [0.1, 0.15) is 25.3 Å². The average Bonchev–Trinajstić information content (AvgIpc) is 2.50. The van der Waals surface area contributed by atoms with E-state index < -0.39 is 0 Å². The van der Waals surface area contributed by atoms with Crippen molar-refractivity contribution in [2.75, 3.05) is 13.1 Å². The molecule has 1 saturated heterocycles. The molecule has 2 heterocycles. The second kappa shape index (κ2) is 6.30. The number of fused-ring (bicyclic) bond motifs is 1. The van der Waals surface area contributed by atoms with Crippen LogP contribution in [0.4, 0.5) is 0 Å². The molecule has 0 radical (unpaired) electrons. The first kappa shape index (κ1) is 14.8. The van der Waals surface area contributed by atoms with E-state index in [-0.39, 0.29) is 0 Å². The predicted octanol–water partition coefficient (Wildman–Crippen LogP) is 3.45. The van der Waals surface area contributed by atoms with Crippen molar-refractivity contribution in [2.24, 2.45) is 11.7 Å². The van der Waals surface area contributed by atoms with Crippen LogP contribution >= 0.6 is 11.6 Å². The molecule has 112 valence electrons. The van der Waals surface area contributed by atoms with Crippen LogP contribution in [-0.2, 0) is 6.54 Å². The van der Waals surface area contributed by atoms with Crippen molar-refractivity contribution in [3.05, 3.63) is 41.0 Å². The molecule has 21 heavy (non-hydrogen) atoms. The topological polar surface area (TPSA) is 42.2 Å². The lowest BCUT2D eigenvalue weighted by Gasteiger charge is -2.36. The Bertz CT molecular complexity index is 628. The summed E-state index contributed by atoms with van der Waals surface area (Å²) in [5, 5.41) is 1.77. The van der Waals surface area contributed by atoms with E-state index in [0.717, 1.165) is 48.9 Å². The van der Waals surface area contributed by atoms with E-state index in [2.05, 4.69) is 28.9 Å². The molecule has 1 aliphatic rings. The number of piperidine rings is 1. The van der Waals surface area contributed by atoms with Crippen molar-refractivity contribution in [3.63, 3.8) is 0 Å². The second-order valence-electron chi connectivity index (χ2n) is 5.99. The molecule has 3 rings (SSSR count). The van der Waals surface area contributed by atoms with Gasteiger partial charge in [-0.1, -0.05) is 43.1 Å². The Hall–Kier alpha value is -1.16. The van der Waals surface area contributed by atoms with Crippen molar-refractivity contribution < 1.29 is 0 Å². The smallest absolute Gasteiger partial charge is 0.134 e. The first-order valence-corrected chi connectivity index (χ1v) is 8.07. The molecule has 0 spiro atoms. The van der Waals surface area contributed by atoms with Crippen molar-refractivity contribution in [2.45, 2.75) is 32.4 Å². The van der Waals surface area contributed by atoms with Crippen LogP contribution < -0.4 is 5.73 Å². The minimum absolute atomic E-state index is 0.344. The van der Waals surface area contributed by atoms with E-state index in [9.17, 15) is 0 Å². The number of aromatic nitrogens is 1. The van der Waals surface area contributed by atoms with Gasteiger partial charge in [-0.25, -0.2) is 4.98 Å². The zero-order valence-corrected chi connectivity index (χ0v) is 13.2. The first-order chi connectivity index (χ1) is 10.2. The summed E-state index contributed by atoms with van der Waals surface area (Å²) in [5.74, 6) is 0.589. The zero-order chi connectivity index (χ0) is 14.8. The molecule has 2 aromatic rings. The molecule has 0 saturated carbocycles. The highest BCUT2D eigenvalue weighted by atomic mass is 35.5. The molecule has 0 aliphatic carbocycles. The van der Waals surface area contributed by atoms with Crippen molar-refractivity contribution in [1.29, 1.82) is 0 Å². The van der Waals surface area contributed by atoms with Gasteiger partial charge in [0.1, 0.15) is 5.15 Å². The van der Waals surface area contributed by atoms with Gasteiger partial charge < -0.3 is 5.73 Å². The van der Waals surface area contributed by atoms with Crippen molar-refractivity contribution >= 4 is 22.5 Å². The maximum atomic E-state index is 6.36. The van der Waals surface area contributed by atoms with Crippen LogP contribution in [0.25, 0.3) is 10.9 Å². The molecular weight excluding hydrogens is 282 g/mol. The summed E-state index contributed by atoms with van der Waals surface area (Å²) < 4.78 is 0. The van der Waals surface area contributed by atoms with Gasteiger partial charge in [-0.3, -0.25) is 4.90 Å². The molecule has 1 aromatic carbocycles. The Morgan fingerprint density at radius 3 is 3.00 bits per heavy atom. The van der Waals surface area contributed by atoms with Crippen molar-refractivity contribution in [1.82, 2.24) is 9.88 Å². The van der Waals surface area contributed by atoms with E-state index in [1.54, 1.807) is 0 Å². The fraction of sp³-hybridized carbons (Fsp3) is 0.471. The molecule has 4 heteroatoms. The highest BCUT2D eigenvalue weighted by Gasteiger charge is 2.25. The van der Waals surface area contributed by atoms with Crippen LogP contribution in [0.3, 0.4) is 0 Å². The van der Waals surface area contributed by atoms with Crippen LogP contribution in [0.5, 0.6) is 0 Å². The maximum absolute atomic E-state index is 6.36. The monoisotopic (exact) mass is 303 g/mol. The minimum Gasteiger partial charge on any atom is -0.327 e. The molecule has 1 fully saturated rings. The lowest BCUT2D eigenvalue weighted by Crippen LogP contribution is -2.46. The quantitative estimate of drug-likeness (QED) is 0.883. The number of nitrogens with two attached hydrogens (primary N) is 1. The van der Waals surface area contributed by atoms with Gasteiger partial charge in [0.2, 0.25) is 0 Å². The number of para-hydroxylation sites is 1.